The molecule has 0 atom stereocenters. The molecule has 0 aliphatic carbocycles. The number of hydrogen-bond acceptors (Lipinski definition) is 2. The lowest BCUT2D eigenvalue weighted by Crippen LogP contribution is -1.83. The molecule has 0 aliphatic rings. The molecule has 0 saturated carbocycles. The van der Waals surface area contributed by atoms with Crippen molar-refractivity contribution in [3.8, 4) is 11.5 Å². The van der Waals surface area contributed by atoms with Crippen LogP contribution in [0.5, 0.6) is 11.5 Å². The average Bonchev–Trinajstić information content (AvgIpc) is 3.16. The normalized spacial score (nSPS) is 9.28. The molecule has 7 aromatic rings. The molecule has 300 valence electrons. The Bertz CT molecular complexity index is 2010. The second-order valence-electron chi connectivity index (χ2n) is 13.3. The summed E-state index contributed by atoms with van der Waals surface area (Å²) in [5, 5.41) is 17.4. The van der Waals surface area contributed by atoms with Crippen LogP contribution in [0.15, 0.2) is 164 Å². The molecule has 57 heavy (non-hydrogen) atoms. The van der Waals surface area contributed by atoms with Gasteiger partial charge in [-0.25, -0.2) is 17.6 Å². The maximum absolute atomic E-state index is 12.6. The van der Waals surface area contributed by atoms with Crippen molar-refractivity contribution in [3.63, 3.8) is 0 Å². The maximum Gasteiger partial charge on any atom is 0.165 e. The largest absolute Gasteiger partial charge is 0.508 e. The van der Waals surface area contributed by atoms with Crippen molar-refractivity contribution in [2.45, 2.75) is 62.3 Å². The van der Waals surface area contributed by atoms with Gasteiger partial charge in [0.2, 0.25) is 0 Å². The second kappa shape index (κ2) is 27.4. The van der Waals surface area contributed by atoms with E-state index in [0.717, 1.165) is 22.3 Å². The van der Waals surface area contributed by atoms with E-state index in [1.54, 1.807) is 63.2 Å². The lowest BCUT2D eigenvalue weighted by atomic mass is 10.1. The smallest absolute Gasteiger partial charge is 0.165 e. The number of aromatic hydroxyl groups is 2. The minimum absolute atomic E-state index is 0.116. The first-order chi connectivity index (χ1) is 27.0. The predicted octanol–water partition coefficient (Wildman–Crippen LogP) is 14.5. The van der Waals surface area contributed by atoms with Gasteiger partial charge in [-0.05, 0) is 139 Å². The summed E-state index contributed by atoms with van der Waals surface area (Å²) in [7, 11) is 0. The minimum Gasteiger partial charge on any atom is -0.508 e. The van der Waals surface area contributed by atoms with Gasteiger partial charge in [0.25, 0.3) is 0 Å². The highest BCUT2D eigenvalue weighted by Crippen LogP contribution is 2.15. The molecule has 0 unspecified atom stereocenters. The molecule has 7 aromatic carbocycles. The predicted molar refractivity (Wildman–Crippen MR) is 231 cm³/mol. The number of phenolic OH excluding ortho intramolecular Hbond substituents is 2. The number of phenols is 2. The molecule has 2 nitrogen and oxygen atoms in total. The number of benzene rings is 7. The first-order valence-electron chi connectivity index (χ1n) is 18.4. The molecule has 0 aromatic heterocycles. The zero-order valence-corrected chi connectivity index (χ0v) is 34.5. The molecule has 0 aliphatic heterocycles. The van der Waals surface area contributed by atoms with Crippen LogP contribution in [0.2, 0.25) is 0 Å². The van der Waals surface area contributed by atoms with Gasteiger partial charge in [0, 0.05) is 0 Å². The number of rotatable bonds is 0. The standard InChI is InChI=1S/C8H9F.C8H10.C7H7FO.2C7H7F.C7H8O.C7H8/c1-6-4-3-5-8(9)7(6)2;1-7-4-3-5-8(2)6-7;1-5-2-3-7(9)6(8)4-5;1-6-3-2-4-7(8)5-6;1-6-4-2-3-5-7(6)8;1-6-2-4-7(8)5-3-6;1-7-5-3-2-4-6-7/h3-5H,1-2H3;3-6H,1-2H3;2-4,9H,1H3;2*2-5H,1H3;2-5,8H,1H3;2-6H,1H3. The van der Waals surface area contributed by atoms with E-state index >= 15 is 0 Å². The highest BCUT2D eigenvalue weighted by molar-refractivity contribution is 5.27. The van der Waals surface area contributed by atoms with Crippen molar-refractivity contribution in [3.05, 3.63) is 237 Å². The Morgan fingerprint density at radius 3 is 1.09 bits per heavy atom. The van der Waals surface area contributed by atoms with Crippen LogP contribution >= 0.6 is 0 Å². The third kappa shape index (κ3) is 23.4. The van der Waals surface area contributed by atoms with Crippen molar-refractivity contribution in [1.82, 2.24) is 0 Å². The zero-order valence-electron chi connectivity index (χ0n) is 34.5. The van der Waals surface area contributed by atoms with Gasteiger partial charge in [0.15, 0.2) is 11.6 Å². The Morgan fingerprint density at radius 2 is 0.737 bits per heavy atom. The minimum atomic E-state index is -0.560. The van der Waals surface area contributed by atoms with Crippen LogP contribution in [-0.4, -0.2) is 10.2 Å². The topological polar surface area (TPSA) is 40.5 Å². The molecule has 0 spiro atoms. The Morgan fingerprint density at radius 1 is 0.316 bits per heavy atom. The van der Waals surface area contributed by atoms with E-state index in [4.69, 9.17) is 10.2 Å². The fourth-order valence-corrected chi connectivity index (χ4v) is 4.37. The number of hydrogen-bond donors (Lipinski definition) is 2. The van der Waals surface area contributed by atoms with E-state index in [-0.39, 0.29) is 23.2 Å². The maximum atomic E-state index is 12.6. The number of aryl methyl sites for hydroxylation is 8. The summed E-state index contributed by atoms with van der Waals surface area (Å²) in [4.78, 5) is 0. The van der Waals surface area contributed by atoms with Crippen LogP contribution in [0.1, 0.15) is 50.1 Å². The molecule has 2 N–H and O–H groups in total. The van der Waals surface area contributed by atoms with Crippen molar-refractivity contribution < 1.29 is 27.8 Å². The lowest BCUT2D eigenvalue weighted by molar-refractivity contribution is 0.432. The quantitative estimate of drug-likeness (QED) is 0.151. The van der Waals surface area contributed by atoms with Gasteiger partial charge in [0.1, 0.15) is 23.2 Å². The summed E-state index contributed by atoms with van der Waals surface area (Å²) in [5.74, 6) is -0.932. The summed E-state index contributed by atoms with van der Waals surface area (Å²) < 4.78 is 49.4. The van der Waals surface area contributed by atoms with E-state index in [9.17, 15) is 17.6 Å². The Hall–Kier alpha value is -6.14. The fourth-order valence-electron chi connectivity index (χ4n) is 4.37. The third-order valence-corrected chi connectivity index (χ3v) is 7.85. The molecule has 0 amide bonds. The Labute approximate surface area is 337 Å². The average molecular weight is 777 g/mol. The summed E-state index contributed by atoms with van der Waals surface area (Å²) >= 11 is 0. The first kappa shape index (κ1) is 48.9. The first-order valence-corrected chi connectivity index (χ1v) is 18.4. The van der Waals surface area contributed by atoms with Crippen LogP contribution in [0.4, 0.5) is 17.6 Å². The van der Waals surface area contributed by atoms with Crippen LogP contribution < -0.4 is 0 Å². The van der Waals surface area contributed by atoms with Crippen LogP contribution in [0.3, 0.4) is 0 Å². The monoisotopic (exact) mass is 776 g/mol. The van der Waals surface area contributed by atoms with Gasteiger partial charge in [-0.15, -0.1) is 0 Å². The van der Waals surface area contributed by atoms with Crippen LogP contribution in [0, 0.1) is 85.6 Å². The van der Waals surface area contributed by atoms with Gasteiger partial charge < -0.3 is 10.2 Å². The summed E-state index contributed by atoms with van der Waals surface area (Å²) in [6.45, 7) is 17.3. The molecule has 0 radical (unpaired) electrons. The lowest BCUT2D eigenvalue weighted by Gasteiger charge is -1.97. The van der Waals surface area contributed by atoms with Gasteiger partial charge in [-0.2, -0.15) is 0 Å². The van der Waals surface area contributed by atoms with Crippen molar-refractivity contribution >= 4 is 0 Å². The van der Waals surface area contributed by atoms with E-state index < -0.39 is 5.82 Å². The highest BCUT2D eigenvalue weighted by Gasteiger charge is 1.97. The van der Waals surface area contributed by atoms with E-state index in [1.165, 1.54) is 58.7 Å². The van der Waals surface area contributed by atoms with Gasteiger partial charge >= 0.3 is 0 Å². The van der Waals surface area contributed by atoms with Gasteiger partial charge in [0.05, 0.1) is 0 Å². The summed E-state index contributed by atoms with van der Waals surface area (Å²) in [5.41, 5.74) is 9.40. The molecular weight excluding hydrogens is 721 g/mol. The summed E-state index contributed by atoms with van der Waals surface area (Å²) in [6, 6.07) is 48.4. The van der Waals surface area contributed by atoms with Crippen LogP contribution in [0.25, 0.3) is 0 Å². The van der Waals surface area contributed by atoms with E-state index in [2.05, 4.69) is 57.2 Å². The molecule has 0 heterocycles. The fraction of sp³-hybridized carbons (Fsp3) is 0.176. The molecule has 0 saturated heterocycles. The molecule has 0 fully saturated rings. The van der Waals surface area contributed by atoms with E-state index in [1.807, 2.05) is 69.3 Å². The molecule has 7 rings (SSSR count). The van der Waals surface area contributed by atoms with E-state index in [0.29, 0.717) is 11.3 Å². The highest BCUT2D eigenvalue weighted by atomic mass is 19.1. The molecule has 0 bridgehead atoms. The zero-order chi connectivity index (χ0) is 42.8. The third-order valence-electron chi connectivity index (χ3n) is 7.85. The Balaban J connectivity index is 0.000000333. The molecular formula is C51H56F4O2. The van der Waals surface area contributed by atoms with Gasteiger partial charge in [-0.1, -0.05) is 138 Å². The van der Waals surface area contributed by atoms with Crippen LogP contribution in [-0.2, 0) is 0 Å². The second-order valence-corrected chi connectivity index (χ2v) is 13.3. The summed E-state index contributed by atoms with van der Waals surface area (Å²) in [6.07, 6.45) is 0. The van der Waals surface area contributed by atoms with Crippen molar-refractivity contribution in [2.24, 2.45) is 0 Å². The number of halogens is 4. The van der Waals surface area contributed by atoms with Crippen molar-refractivity contribution in [1.29, 1.82) is 0 Å². The molecule has 6 heteroatoms. The SMILES string of the molecule is Cc1ccc(O)c(F)c1.Cc1ccc(O)cc1.Cc1cccc(C)c1.Cc1cccc(F)c1.Cc1cccc(F)c1C.Cc1ccccc1.Cc1ccccc1F. The van der Waals surface area contributed by atoms with Crippen molar-refractivity contribution in [2.75, 3.05) is 0 Å². The van der Waals surface area contributed by atoms with Gasteiger partial charge in [-0.3, -0.25) is 0 Å². The Kier molecular flexibility index (Phi) is 23.5.